The SMILES string of the molecule is COc1ccc(-c2nnc([C@@H](C)Oc3cccc(Cl)c3Cl)o2)cc1. The fourth-order valence-electron chi connectivity index (χ4n) is 2.06. The molecule has 0 amide bonds. The molecule has 0 fully saturated rings. The van der Waals surface area contributed by atoms with Gasteiger partial charge in [-0.05, 0) is 43.3 Å². The average molecular weight is 365 g/mol. The van der Waals surface area contributed by atoms with Gasteiger partial charge in [-0.3, -0.25) is 0 Å². The van der Waals surface area contributed by atoms with E-state index in [2.05, 4.69) is 10.2 Å². The van der Waals surface area contributed by atoms with Gasteiger partial charge in [0.15, 0.2) is 6.10 Å². The zero-order chi connectivity index (χ0) is 17.1. The molecular formula is C17H14Cl2N2O3. The molecule has 0 spiro atoms. The van der Waals surface area contributed by atoms with Crippen molar-refractivity contribution < 1.29 is 13.9 Å². The summed E-state index contributed by atoms with van der Waals surface area (Å²) in [6.45, 7) is 1.79. The molecule has 3 rings (SSSR count). The maximum atomic E-state index is 6.12. The van der Waals surface area contributed by atoms with Gasteiger partial charge in [0.05, 0.1) is 12.1 Å². The normalized spacial score (nSPS) is 12.0. The number of hydrogen-bond acceptors (Lipinski definition) is 5. The molecule has 124 valence electrons. The predicted octanol–water partition coefficient (Wildman–Crippen LogP) is 5.19. The molecule has 1 aromatic heterocycles. The van der Waals surface area contributed by atoms with Crippen LogP contribution < -0.4 is 9.47 Å². The number of aromatic nitrogens is 2. The lowest BCUT2D eigenvalue weighted by Crippen LogP contribution is -2.04. The number of halogens is 2. The fourth-order valence-corrected chi connectivity index (χ4v) is 2.40. The lowest BCUT2D eigenvalue weighted by molar-refractivity contribution is 0.190. The number of benzene rings is 2. The molecule has 24 heavy (non-hydrogen) atoms. The maximum Gasteiger partial charge on any atom is 0.257 e. The molecule has 0 aliphatic carbocycles. The summed E-state index contributed by atoms with van der Waals surface area (Å²) in [5, 5.41) is 8.85. The van der Waals surface area contributed by atoms with E-state index in [1.54, 1.807) is 32.2 Å². The summed E-state index contributed by atoms with van der Waals surface area (Å²) in [7, 11) is 1.61. The van der Waals surface area contributed by atoms with Gasteiger partial charge in [-0.25, -0.2) is 0 Å². The lowest BCUT2D eigenvalue weighted by Gasteiger charge is -2.12. The first-order valence-corrected chi connectivity index (χ1v) is 7.92. The Kier molecular flexibility index (Phi) is 4.92. The van der Waals surface area contributed by atoms with Gasteiger partial charge in [-0.15, -0.1) is 10.2 Å². The second kappa shape index (κ2) is 7.11. The molecule has 0 aliphatic rings. The standard InChI is InChI=1S/C17H14Cl2N2O3/c1-10(23-14-5-3-4-13(18)15(14)19)16-20-21-17(24-16)11-6-8-12(22-2)9-7-11/h3-10H,1-2H3/t10-/m1/s1. The van der Waals surface area contributed by atoms with Crippen molar-refractivity contribution in [3.8, 4) is 23.0 Å². The van der Waals surface area contributed by atoms with Gasteiger partial charge in [0.2, 0.25) is 5.89 Å². The molecule has 0 radical (unpaired) electrons. The van der Waals surface area contributed by atoms with E-state index in [0.29, 0.717) is 27.6 Å². The van der Waals surface area contributed by atoms with Crippen molar-refractivity contribution in [1.29, 1.82) is 0 Å². The van der Waals surface area contributed by atoms with Gasteiger partial charge in [0.1, 0.15) is 16.5 Å². The van der Waals surface area contributed by atoms with Gasteiger partial charge in [-0.1, -0.05) is 29.3 Å². The van der Waals surface area contributed by atoms with E-state index in [4.69, 9.17) is 37.1 Å². The van der Waals surface area contributed by atoms with Crippen molar-refractivity contribution in [3.63, 3.8) is 0 Å². The molecule has 3 aromatic rings. The van der Waals surface area contributed by atoms with Crippen molar-refractivity contribution in [2.75, 3.05) is 7.11 Å². The van der Waals surface area contributed by atoms with Crippen LogP contribution in [0.3, 0.4) is 0 Å². The third-order valence-corrected chi connectivity index (χ3v) is 4.15. The van der Waals surface area contributed by atoms with E-state index in [0.717, 1.165) is 11.3 Å². The molecule has 0 saturated heterocycles. The highest BCUT2D eigenvalue weighted by Gasteiger charge is 2.18. The molecule has 1 heterocycles. The molecule has 5 nitrogen and oxygen atoms in total. The first-order chi connectivity index (χ1) is 11.6. The number of nitrogens with zero attached hydrogens (tertiary/aromatic N) is 2. The van der Waals surface area contributed by atoms with Crippen LogP contribution in [0, 0.1) is 0 Å². The largest absolute Gasteiger partial charge is 0.497 e. The topological polar surface area (TPSA) is 57.4 Å². The van der Waals surface area contributed by atoms with Crippen LogP contribution in [-0.2, 0) is 0 Å². The predicted molar refractivity (Wildman–Crippen MR) is 91.8 cm³/mol. The quantitative estimate of drug-likeness (QED) is 0.623. The summed E-state index contributed by atoms with van der Waals surface area (Å²) in [4.78, 5) is 0. The Hall–Kier alpha value is -2.24. The van der Waals surface area contributed by atoms with E-state index in [-0.39, 0.29) is 0 Å². The zero-order valence-corrected chi connectivity index (χ0v) is 14.5. The van der Waals surface area contributed by atoms with Crippen LogP contribution in [0.5, 0.6) is 11.5 Å². The van der Waals surface area contributed by atoms with E-state index in [1.165, 1.54) is 0 Å². The summed E-state index contributed by atoms with van der Waals surface area (Å²) in [5.41, 5.74) is 0.794. The second-order valence-electron chi connectivity index (χ2n) is 4.99. The molecule has 0 bridgehead atoms. The average Bonchev–Trinajstić information content (AvgIpc) is 3.09. The highest BCUT2D eigenvalue weighted by atomic mass is 35.5. The van der Waals surface area contributed by atoms with Crippen LogP contribution in [0.2, 0.25) is 10.0 Å². The van der Waals surface area contributed by atoms with Crippen molar-refractivity contribution in [2.45, 2.75) is 13.0 Å². The van der Waals surface area contributed by atoms with Crippen molar-refractivity contribution in [3.05, 3.63) is 58.4 Å². The van der Waals surface area contributed by atoms with E-state index < -0.39 is 6.10 Å². The number of ether oxygens (including phenoxy) is 2. The van der Waals surface area contributed by atoms with Gasteiger partial charge >= 0.3 is 0 Å². The van der Waals surface area contributed by atoms with Gasteiger partial charge < -0.3 is 13.9 Å². The van der Waals surface area contributed by atoms with E-state index in [1.807, 2.05) is 24.3 Å². The molecular weight excluding hydrogens is 351 g/mol. The summed E-state index contributed by atoms with van der Waals surface area (Å²) < 4.78 is 16.6. The monoisotopic (exact) mass is 364 g/mol. The first-order valence-electron chi connectivity index (χ1n) is 7.17. The molecule has 0 saturated carbocycles. The minimum absolute atomic E-state index is 0.344. The van der Waals surface area contributed by atoms with Crippen LogP contribution in [-0.4, -0.2) is 17.3 Å². The number of methoxy groups -OCH3 is 1. The van der Waals surface area contributed by atoms with Crippen molar-refractivity contribution >= 4 is 23.2 Å². The Morgan fingerprint density at radius 2 is 1.79 bits per heavy atom. The summed E-state index contributed by atoms with van der Waals surface area (Å²) in [6, 6.07) is 12.5. The minimum atomic E-state index is -0.472. The van der Waals surface area contributed by atoms with Gasteiger partial charge in [0, 0.05) is 5.56 Å². The Bertz CT molecular complexity index is 834. The third kappa shape index (κ3) is 3.47. The van der Waals surface area contributed by atoms with E-state index >= 15 is 0 Å². The van der Waals surface area contributed by atoms with E-state index in [9.17, 15) is 0 Å². The van der Waals surface area contributed by atoms with Crippen LogP contribution in [0.15, 0.2) is 46.9 Å². The smallest absolute Gasteiger partial charge is 0.257 e. The summed E-state index contributed by atoms with van der Waals surface area (Å²) in [6.07, 6.45) is -0.472. The molecule has 0 unspecified atom stereocenters. The first kappa shape index (κ1) is 16.6. The van der Waals surface area contributed by atoms with Crippen LogP contribution in [0.4, 0.5) is 0 Å². The molecule has 2 aromatic carbocycles. The highest BCUT2D eigenvalue weighted by Crippen LogP contribution is 2.34. The lowest BCUT2D eigenvalue weighted by atomic mass is 10.2. The van der Waals surface area contributed by atoms with Crippen LogP contribution in [0.25, 0.3) is 11.5 Å². The minimum Gasteiger partial charge on any atom is -0.497 e. The van der Waals surface area contributed by atoms with Crippen LogP contribution >= 0.6 is 23.2 Å². The molecule has 1 atom stereocenters. The van der Waals surface area contributed by atoms with Gasteiger partial charge in [-0.2, -0.15) is 0 Å². The Morgan fingerprint density at radius 3 is 2.50 bits per heavy atom. The molecule has 0 N–H and O–H groups in total. The zero-order valence-electron chi connectivity index (χ0n) is 13.0. The Morgan fingerprint density at radius 1 is 1.04 bits per heavy atom. The Labute approximate surface area is 149 Å². The second-order valence-corrected chi connectivity index (χ2v) is 5.77. The van der Waals surface area contributed by atoms with Gasteiger partial charge in [0.25, 0.3) is 5.89 Å². The molecule has 7 heteroatoms. The number of hydrogen-bond donors (Lipinski definition) is 0. The summed E-state index contributed by atoms with van der Waals surface area (Å²) >= 11 is 12.1. The maximum absolute atomic E-state index is 6.12. The summed E-state index contributed by atoms with van der Waals surface area (Å²) in [5.74, 6) is 1.96. The highest BCUT2D eigenvalue weighted by molar-refractivity contribution is 6.42. The third-order valence-electron chi connectivity index (χ3n) is 3.35. The number of rotatable bonds is 5. The van der Waals surface area contributed by atoms with Crippen molar-refractivity contribution in [1.82, 2.24) is 10.2 Å². The Balaban J connectivity index is 1.78. The molecule has 0 aliphatic heterocycles. The van der Waals surface area contributed by atoms with Crippen molar-refractivity contribution in [2.24, 2.45) is 0 Å². The fraction of sp³-hybridized carbons (Fsp3) is 0.176. The van der Waals surface area contributed by atoms with Crippen LogP contribution in [0.1, 0.15) is 18.9 Å².